The van der Waals surface area contributed by atoms with Crippen molar-refractivity contribution in [3.05, 3.63) is 57.8 Å². The van der Waals surface area contributed by atoms with Crippen molar-refractivity contribution < 1.29 is 17.5 Å². The van der Waals surface area contributed by atoms with E-state index in [9.17, 15) is 12.8 Å². The predicted octanol–water partition coefficient (Wildman–Crippen LogP) is 3.36. The summed E-state index contributed by atoms with van der Waals surface area (Å²) in [6.45, 7) is -0.0964. The molecule has 0 saturated heterocycles. The number of benzene rings is 2. The van der Waals surface area contributed by atoms with Gasteiger partial charge >= 0.3 is 0 Å². The zero-order valence-electron chi connectivity index (χ0n) is 10.5. The van der Waals surface area contributed by atoms with Crippen LogP contribution in [0.1, 0.15) is 5.56 Å². The van der Waals surface area contributed by atoms with Gasteiger partial charge in [0.1, 0.15) is 12.4 Å². The Kier molecular flexibility index (Phi) is 4.73. The number of rotatable bonds is 4. The van der Waals surface area contributed by atoms with E-state index in [2.05, 4.69) is 0 Å². The van der Waals surface area contributed by atoms with Crippen LogP contribution < -0.4 is 9.88 Å². The van der Waals surface area contributed by atoms with Crippen LogP contribution in [0.4, 0.5) is 4.39 Å². The highest BCUT2D eigenvalue weighted by Gasteiger charge is 2.16. The Labute approximate surface area is 131 Å². The van der Waals surface area contributed by atoms with Gasteiger partial charge < -0.3 is 4.74 Å². The first-order chi connectivity index (χ1) is 9.79. The van der Waals surface area contributed by atoms with Gasteiger partial charge in [-0.15, -0.1) is 0 Å². The summed E-state index contributed by atoms with van der Waals surface area (Å²) in [7, 11) is -3.92. The summed E-state index contributed by atoms with van der Waals surface area (Å²) in [6, 6.07) is 8.32. The zero-order valence-corrected chi connectivity index (χ0v) is 12.8. The van der Waals surface area contributed by atoms with Crippen LogP contribution in [0.3, 0.4) is 0 Å². The van der Waals surface area contributed by atoms with Gasteiger partial charge in [-0.1, -0.05) is 41.4 Å². The van der Waals surface area contributed by atoms with Crippen molar-refractivity contribution in [1.29, 1.82) is 0 Å². The Bertz CT molecular complexity index is 758. The van der Waals surface area contributed by atoms with Gasteiger partial charge in [-0.05, 0) is 18.2 Å². The Balaban J connectivity index is 2.28. The van der Waals surface area contributed by atoms with Crippen molar-refractivity contribution in [3.63, 3.8) is 0 Å². The molecule has 0 spiro atoms. The highest BCUT2D eigenvalue weighted by atomic mass is 35.5. The van der Waals surface area contributed by atoms with Crippen molar-refractivity contribution in [2.24, 2.45) is 5.14 Å². The normalized spacial score (nSPS) is 11.4. The molecule has 0 atom stereocenters. The first-order valence-corrected chi connectivity index (χ1v) is 7.97. The van der Waals surface area contributed by atoms with Gasteiger partial charge in [0, 0.05) is 5.56 Å². The second-order valence-corrected chi connectivity index (χ2v) is 6.52. The number of ether oxygens (including phenoxy) is 1. The number of halogens is 3. The lowest BCUT2D eigenvalue weighted by molar-refractivity contribution is 0.300. The number of sulfonamides is 1. The molecule has 0 unspecified atom stereocenters. The van der Waals surface area contributed by atoms with E-state index in [1.54, 1.807) is 18.2 Å². The van der Waals surface area contributed by atoms with E-state index < -0.39 is 15.8 Å². The van der Waals surface area contributed by atoms with Gasteiger partial charge in [0.25, 0.3) is 0 Å². The molecule has 0 bridgehead atoms. The quantitative estimate of drug-likeness (QED) is 0.919. The van der Waals surface area contributed by atoms with Crippen LogP contribution in [0, 0.1) is 5.82 Å². The van der Waals surface area contributed by atoms with Crippen LogP contribution in [0.5, 0.6) is 5.75 Å². The van der Waals surface area contributed by atoms with Crippen LogP contribution in [0.15, 0.2) is 41.3 Å². The summed E-state index contributed by atoms with van der Waals surface area (Å²) in [6.07, 6.45) is 0. The fourth-order valence-corrected chi connectivity index (χ4v) is 2.89. The van der Waals surface area contributed by atoms with E-state index in [0.29, 0.717) is 5.56 Å². The molecule has 2 aromatic rings. The third-order valence-electron chi connectivity index (χ3n) is 2.63. The van der Waals surface area contributed by atoms with Crippen molar-refractivity contribution in [2.45, 2.75) is 11.5 Å². The molecule has 0 heterocycles. The first-order valence-electron chi connectivity index (χ1n) is 5.67. The molecule has 2 rings (SSSR count). The molecule has 112 valence electrons. The van der Waals surface area contributed by atoms with E-state index in [-0.39, 0.29) is 27.3 Å². The Morgan fingerprint density at radius 3 is 2.24 bits per heavy atom. The Morgan fingerprint density at radius 1 is 1.14 bits per heavy atom. The first kappa shape index (κ1) is 16.0. The van der Waals surface area contributed by atoms with Gasteiger partial charge in [-0.25, -0.2) is 17.9 Å². The molecular weight excluding hydrogens is 340 g/mol. The summed E-state index contributed by atoms with van der Waals surface area (Å²) in [5.74, 6) is -0.361. The van der Waals surface area contributed by atoms with Crippen molar-refractivity contribution >= 4 is 33.2 Å². The molecule has 0 fully saturated rings. The summed E-state index contributed by atoms with van der Waals surface area (Å²) in [5, 5.41) is 4.94. The molecule has 0 aromatic heterocycles. The van der Waals surface area contributed by atoms with Crippen molar-refractivity contribution in [3.8, 4) is 5.75 Å². The smallest absolute Gasteiger partial charge is 0.238 e. The summed E-state index contributed by atoms with van der Waals surface area (Å²) in [4.78, 5) is -0.226. The predicted molar refractivity (Wildman–Crippen MR) is 78.6 cm³/mol. The van der Waals surface area contributed by atoms with E-state index >= 15 is 0 Å². The van der Waals surface area contributed by atoms with Gasteiger partial charge in [0.2, 0.25) is 10.0 Å². The SMILES string of the molecule is NS(=O)(=O)c1cc(Cl)c(OCc2ccccc2F)c(Cl)c1. The van der Waals surface area contributed by atoms with Gasteiger partial charge in [-0.2, -0.15) is 0 Å². The van der Waals surface area contributed by atoms with Crippen molar-refractivity contribution in [1.82, 2.24) is 0 Å². The highest BCUT2D eigenvalue weighted by molar-refractivity contribution is 7.89. The zero-order chi connectivity index (χ0) is 15.6. The highest BCUT2D eigenvalue weighted by Crippen LogP contribution is 2.35. The minimum Gasteiger partial charge on any atom is -0.486 e. The standard InChI is InChI=1S/C13H10Cl2FNO3S/c14-10-5-9(21(17,18)19)6-11(15)13(10)20-7-8-3-1-2-4-12(8)16/h1-6H,7H2,(H2,17,18,19). The second-order valence-electron chi connectivity index (χ2n) is 4.14. The average Bonchev–Trinajstić information content (AvgIpc) is 2.38. The molecule has 2 N–H and O–H groups in total. The van der Waals surface area contributed by atoms with Crippen LogP contribution in [-0.2, 0) is 16.6 Å². The molecule has 0 saturated carbocycles. The number of nitrogens with two attached hydrogens (primary N) is 1. The fourth-order valence-electron chi connectivity index (χ4n) is 1.60. The van der Waals surface area contributed by atoms with Crippen LogP contribution >= 0.6 is 23.2 Å². The minimum atomic E-state index is -3.92. The molecule has 0 amide bonds. The molecule has 0 aliphatic rings. The average molecular weight is 350 g/mol. The molecule has 2 aromatic carbocycles. The maximum absolute atomic E-state index is 13.5. The maximum Gasteiger partial charge on any atom is 0.238 e. The minimum absolute atomic E-state index is 0.0251. The summed E-state index contributed by atoms with van der Waals surface area (Å²) >= 11 is 11.8. The largest absolute Gasteiger partial charge is 0.486 e. The third kappa shape index (κ3) is 3.85. The molecular formula is C13H10Cl2FNO3S. The van der Waals surface area contributed by atoms with E-state index in [1.165, 1.54) is 6.07 Å². The van der Waals surface area contributed by atoms with Gasteiger partial charge in [-0.3, -0.25) is 0 Å². The number of hydrogen-bond acceptors (Lipinski definition) is 3. The summed E-state index contributed by atoms with van der Waals surface area (Å²) < 4.78 is 41.3. The van der Waals surface area contributed by atoms with Crippen LogP contribution in [-0.4, -0.2) is 8.42 Å². The van der Waals surface area contributed by atoms with E-state index in [1.807, 2.05) is 0 Å². The lowest BCUT2D eigenvalue weighted by atomic mass is 10.2. The molecule has 0 aliphatic carbocycles. The molecule has 0 radical (unpaired) electrons. The lowest BCUT2D eigenvalue weighted by Gasteiger charge is -2.11. The van der Waals surface area contributed by atoms with E-state index in [0.717, 1.165) is 12.1 Å². The van der Waals surface area contributed by atoms with Crippen LogP contribution in [0.2, 0.25) is 10.0 Å². The maximum atomic E-state index is 13.5. The van der Waals surface area contributed by atoms with Crippen LogP contribution in [0.25, 0.3) is 0 Å². The number of hydrogen-bond donors (Lipinski definition) is 1. The monoisotopic (exact) mass is 349 g/mol. The van der Waals surface area contributed by atoms with Gasteiger partial charge in [0.15, 0.2) is 5.75 Å². The lowest BCUT2D eigenvalue weighted by Crippen LogP contribution is -2.12. The topological polar surface area (TPSA) is 69.4 Å². The molecule has 21 heavy (non-hydrogen) atoms. The Hall–Kier alpha value is -1.34. The number of primary sulfonamides is 1. The molecule has 0 aliphatic heterocycles. The fraction of sp³-hybridized carbons (Fsp3) is 0.0769. The van der Waals surface area contributed by atoms with Crippen molar-refractivity contribution in [2.75, 3.05) is 0 Å². The third-order valence-corrected chi connectivity index (χ3v) is 4.08. The van der Waals surface area contributed by atoms with Gasteiger partial charge in [0.05, 0.1) is 14.9 Å². The molecule has 8 heteroatoms. The molecule has 4 nitrogen and oxygen atoms in total. The van der Waals surface area contributed by atoms with E-state index in [4.69, 9.17) is 33.1 Å². The summed E-state index contributed by atoms with van der Waals surface area (Å²) in [5.41, 5.74) is 0.320. The Morgan fingerprint density at radius 2 is 1.71 bits per heavy atom. The second kappa shape index (κ2) is 6.19.